The van der Waals surface area contributed by atoms with Crippen molar-refractivity contribution in [3.63, 3.8) is 0 Å². The van der Waals surface area contributed by atoms with E-state index >= 15 is 0 Å². The van der Waals surface area contributed by atoms with Gasteiger partial charge >= 0.3 is 0 Å². The van der Waals surface area contributed by atoms with Crippen molar-refractivity contribution in [2.75, 3.05) is 31.6 Å². The molecule has 1 heterocycles. The third kappa shape index (κ3) is 5.83. The first-order valence-electron chi connectivity index (χ1n) is 11.2. The molecule has 2 N–H and O–H groups in total. The van der Waals surface area contributed by atoms with Crippen LogP contribution in [0.4, 0.5) is 5.69 Å². The largest absolute Gasteiger partial charge is 0.493 e. The number of ether oxygens (including phenoxy) is 1. The van der Waals surface area contributed by atoms with E-state index in [2.05, 4.69) is 10.6 Å². The SMILES string of the molecule is Cc1cc(Cl)ccc1OCCCC(=O)N1CCNCC1C(=O)Nc1ccc2ccccc2c1. The van der Waals surface area contributed by atoms with Crippen LogP contribution < -0.4 is 15.4 Å². The molecule has 0 radical (unpaired) electrons. The van der Waals surface area contributed by atoms with Crippen molar-refractivity contribution in [1.29, 1.82) is 0 Å². The molecule has 6 nitrogen and oxygen atoms in total. The number of halogens is 1. The standard InChI is InChI=1S/C26H28ClN3O3/c1-18-15-21(27)9-11-24(18)33-14-4-7-25(31)30-13-12-28-17-23(30)26(32)29-22-10-8-19-5-2-3-6-20(19)16-22/h2-3,5-6,8-11,15-16,23,28H,4,7,12-14,17H2,1H3,(H,29,32). The maximum absolute atomic E-state index is 13.0. The molecule has 0 bridgehead atoms. The highest BCUT2D eigenvalue weighted by Crippen LogP contribution is 2.22. The predicted octanol–water partition coefficient (Wildman–Crippen LogP) is 4.40. The molecule has 2 amide bonds. The number of nitrogens with one attached hydrogen (secondary N) is 2. The van der Waals surface area contributed by atoms with Crippen LogP contribution in [0.3, 0.4) is 0 Å². The molecule has 1 atom stereocenters. The molecule has 0 spiro atoms. The average molecular weight is 466 g/mol. The van der Waals surface area contributed by atoms with E-state index < -0.39 is 6.04 Å². The fraction of sp³-hybridized carbons (Fsp3) is 0.308. The lowest BCUT2D eigenvalue weighted by molar-refractivity contribution is -0.139. The van der Waals surface area contributed by atoms with E-state index in [0.717, 1.165) is 27.8 Å². The Labute approximate surface area is 198 Å². The van der Waals surface area contributed by atoms with Gasteiger partial charge in [-0.1, -0.05) is 41.9 Å². The van der Waals surface area contributed by atoms with E-state index in [4.69, 9.17) is 16.3 Å². The molecule has 0 saturated carbocycles. The van der Waals surface area contributed by atoms with Crippen molar-refractivity contribution in [2.24, 2.45) is 0 Å². The number of amides is 2. The average Bonchev–Trinajstić information content (AvgIpc) is 2.82. The van der Waals surface area contributed by atoms with E-state index in [-0.39, 0.29) is 11.8 Å². The third-order valence-corrected chi connectivity index (χ3v) is 6.05. The fourth-order valence-corrected chi connectivity index (χ4v) is 4.28. The van der Waals surface area contributed by atoms with E-state index in [1.54, 1.807) is 11.0 Å². The normalized spacial score (nSPS) is 15.9. The highest BCUT2D eigenvalue weighted by atomic mass is 35.5. The van der Waals surface area contributed by atoms with Crippen molar-refractivity contribution in [1.82, 2.24) is 10.2 Å². The maximum atomic E-state index is 13.0. The number of carbonyl (C=O) groups excluding carboxylic acids is 2. The Bertz CT molecular complexity index is 1150. The Hall–Kier alpha value is -3.09. The molecule has 3 aromatic carbocycles. The van der Waals surface area contributed by atoms with Gasteiger partial charge in [0.05, 0.1) is 6.61 Å². The second kappa shape index (κ2) is 10.7. The smallest absolute Gasteiger partial charge is 0.248 e. The van der Waals surface area contributed by atoms with Crippen LogP contribution in [0.2, 0.25) is 5.02 Å². The number of aryl methyl sites for hydroxylation is 1. The summed E-state index contributed by atoms with van der Waals surface area (Å²) in [7, 11) is 0. The molecule has 1 fully saturated rings. The first-order valence-corrected chi connectivity index (χ1v) is 11.6. The zero-order chi connectivity index (χ0) is 23.2. The van der Waals surface area contributed by atoms with Gasteiger partial charge in [-0.3, -0.25) is 9.59 Å². The van der Waals surface area contributed by atoms with Crippen molar-refractivity contribution in [3.05, 3.63) is 71.2 Å². The van der Waals surface area contributed by atoms with E-state index in [0.29, 0.717) is 44.1 Å². The van der Waals surface area contributed by atoms with Crippen LogP contribution in [0, 0.1) is 6.92 Å². The van der Waals surface area contributed by atoms with Gasteiger partial charge in [0.15, 0.2) is 0 Å². The van der Waals surface area contributed by atoms with Gasteiger partial charge in [-0.2, -0.15) is 0 Å². The molecule has 3 aromatic rings. The number of nitrogens with zero attached hydrogens (tertiary/aromatic N) is 1. The van der Waals surface area contributed by atoms with Gasteiger partial charge in [-0.25, -0.2) is 0 Å². The molecule has 4 rings (SSSR count). The van der Waals surface area contributed by atoms with Gasteiger partial charge in [0.25, 0.3) is 0 Å². The fourth-order valence-electron chi connectivity index (χ4n) is 4.05. The Morgan fingerprint density at radius 2 is 1.94 bits per heavy atom. The van der Waals surface area contributed by atoms with Gasteiger partial charge in [0.1, 0.15) is 11.8 Å². The van der Waals surface area contributed by atoms with E-state index in [1.807, 2.05) is 61.5 Å². The van der Waals surface area contributed by atoms with Gasteiger partial charge in [-0.15, -0.1) is 0 Å². The molecular formula is C26H28ClN3O3. The second-order valence-electron chi connectivity index (χ2n) is 8.22. The summed E-state index contributed by atoms with van der Waals surface area (Å²) in [5, 5.41) is 9.04. The number of hydrogen-bond donors (Lipinski definition) is 2. The second-order valence-corrected chi connectivity index (χ2v) is 8.66. The topological polar surface area (TPSA) is 70.7 Å². The Kier molecular flexibility index (Phi) is 7.47. The molecule has 1 saturated heterocycles. The summed E-state index contributed by atoms with van der Waals surface area (Å²) in [6, 6.07) is 18.7. The lowest BCUT2D eigenvalue weighted by Crippen LogP contribution is -2.58. The van der Waals surface area contributed by atoms with Gasteiger partial charge in [0, 0.05) is 36.8 Å². The number of piperazine rings is 1. The number of anilines is 1. The third-order valence-electron chi connectivity index (χ3n) is 5.81. The Balaban J connectivity index is 1.32. The quantitative estimate of drug-likeness (QED) is 0.507. The predicted molar refractivity (Wildman–Crippen MR) is 132 cm³/mol. The van der Waals surface area contributed by atoms with E-state index in [1.165, 1.54) is 0 Å². The highest BCUT2D eigenvalue weighted by Gasteiger charge is 2.31. The minimum absolute atomic E-state index is 0.0356. The monoisotopic (exact) mass is 465 g/mol. The lowest BCUT2D eigenvalue weighted by atomic mass is 10.1. The van der Waals surface area contributed by atoms with Gasteiger partial charge in [-0.05, 0) is 60.0 Å². The summed E-state index contributed by atoms with van der Waals surface area (Å²) in [6.07, 6.45) is 0.899. The van der Waals surface area contributed by atoms with Crippen LogP contribution in [0.25, 0.3) is 10.8 Å². The zero-order valence-corrected chi connectivity index (χ0v) is 19.4. The van der Waals surface area contributed by atoms with Gasteiger partial charge in [0.2, 0.25) is 11.8 Å². The van der Waals surface area contributed by atoms with E-state index in [9.17, 15) is 9.59 Å². The van der Waals surface area contributed by atoms with Crippen LogP contribution in [0.15, 0.2) is 60.7 Å². The lowest BCUT2D eigenvalue weighted by Gasteiger charge is -2.35. The summed E-state index contributed by atoms with van der Waals surface area (Å²) < 4.78 is 5.80. The van der Waals surface area contributed by atoms with Crippen LogP contribution in [-0.4, -0.2) is 49.0 Å². The highest BCUT2D eigenvalue weighted by molar-refractivity contribution is 6.30. The Morgan fingerprint density at radius 3 is 2.76 bits per heavy atom. The van der Waals surface area contributed by atoms with Gasteiger partial charge < -0.3 is 20.3 Å². The molecule has 1 aliphatic rings. The first kappa shape index (κ1) is 23.1. The summed E-state index contributed by atoms with van der Waals surface area (Å²) >= 11 is 5.98. The summed E-state index contributed by atoms with van der Waals surface area (Å²) in [5.74, 6) is 0.548. The number of fused-ring (bicyclic) bond motifs is 1. The zero-order valence-electron chi connectivity index (χ0n) is 18.6. The van der Waals surface area contributed by atoms with Crippen molar-refractivity contribution in [2.45, 2.75) is 25.8 Å². The molecule has 0 aliphatic carbocycles. The summed E-state index contributed by atoms with van der Waals surface area (Å²) in [6.45, 7) is 3.98. The summed E-state index contributed by atoms with van der Waals surface area (Å²) in [5.41, 5.74) is 1.68. The van der Waals surface area contributed by atoms with Crippen molar-refractivity contribution in [3.8, 4) is 5.75 Å². The van der Waals surface area contributed by atoms with Crippen LogP contribution >= 0.6 is 11.6 Å². The number of carbonyl (C=O) groups is 2. The molecule has 172 valence electrons. The van der Waals surface area contributed by atoms with Crippen LogP contribution in [0.1, 0.15) is 18.4 Å². The molecule has 1 aliphatic heterocycles. The van der Waals surface area contributed by atoms with Crippen LogP contribution in [0.5, 0.6) is 5.75 Å². The number of rotatable bonds is 7. The molecule has 33 heavy (non-hydrogen) atoms. The minimum atomic E-state index is -0.544. The van der Waals surface area contributed by atoms with Crippen molar-refractivity contribution >= 4 is 39.9 Å². The van der Waals surface area contributed by atoms with Crippen LogP contribution in [-0.2, 0) is 9.59 Å². The van der Waals surface area contributed by atoms with Crippen molar-refractivity contribution < 1.29 is 14.3 Å². The molecule has 0 aromatic heterocycles. The maximum Gasteiger partial charge on any atom is 0.248 e. The molecule has 7 heteroatoms. The Morgan fingerprint density at radius 1 is 1.12 bits per heavy atom. The minimum Gasteiger partial charge on any atom is -0.493 e. The molecule has 1 unspecified atom stereocenters. The number of benzene rings is 3. The molecular weight excluding hydrogens is 438 g/mol. The number of hydrogen-bond acceptors (Lipinski definition) is 4. The summed E-state index contributed by atoms with van der Waals surface area (Å²) in [4.78, 5) is 27.6. The first-order chi connectivity index (χ1) is 16.0.